The molecular weight excluding hydrogens is 270 g/mol. The number of halogens is 2. The minimum atomic E-state index is -1.23. The Morgan fingerprint density at radius 2 is 2.10 bits per heavy atom. The number of rotatable bonds is 4. The van der Waals surface area contributed by atoms with Gasteiger partial charge < -0.3 is 9.84 Å². The largest absolute Gasteiger partial charge is 0.476 e. The molecule has 0 bridgehead atoms. The zero-order chi connectivity index (χ0) is 14.9. The molecule has 106 valence electrons. The number of methoxy groups -OCH3 is 1. The molecule has 1 aromatic heterocycles. The lowest BCUT2D eigenvalue weighted by molar-refractivity contribution is 0.0689. The Morgan fingerprint density at radius 1 is 1.40 bits per heavy atom. The Bertz CT molecular complexity index is 668. The van der Waals surface area contributed by atoms with Crippen molar-refractivity contribution in [3.8, 4) is 11.3 Å². The molecule has 0 amide bonds. The number of hydrogen-bond donors (Lipinski definition) is 1. The standard InChI is InChI=1S/C13H12F2N2O3/c1-17-10(5-9(16-17)13(18)19)8-4-3-7(6-20-2)11(14)12(8)15/h3-5H,6H2,1-2H3,(H,18,19). The van der Waals surface area contributed by atoms with E-state index in [9.17, 15) is 13.6 Å². The number of benzene rings is 1. The zero-order valence-corrected chi connectivity index (χ0v) is 10.9. The summed E-state index contributed by atoms with van der Waals surface area (Å²) in [6, 6.07) is 3.95. The maximum absolute atomic E-state index is 14.0. The van der Waals surface area contributed by atoms with Gasteiger partial charge in [0.1, 0.15) is 0 Å². The summed E-state index contributed by atoms with van der Waals surface area (Å²) in [4.78, 5) is 10.8. The van der Waals surface area contributed by atoms with E-state index in [2.05, 4.69) is 5.10 Å². The summed E-state index contributed by atoms with van der Waals surface area (Å²) in [6.07, 6.45) is 0. The summed E-state index contributed by atoms with van der Waals surface area (Å²) >= 11 is 0. The first-order valence-electron chi connectivity index (χ1n) is 5.69. The number of aromatic carboxylic acids is 1. The fraction of sp³-hybridized carbons (Fsp3) is 0.231. The van der Waals surface area contributed by atoms with Crippen molar-refractivity contribution in [2.24, 2.45) is 7.05 Å². The van der Waals surface area contributed by atoms with Crippen LogP contribution in [0.1, 0.15) is 16.1 Å². The van der Waals surface area contributed by atoms with Crippen molar-refractivity contribution in [2.45, 2.75) is 6.61 Å². The van der Waals surface area contributed by atoms with E-state index >= 15 is 0 Å². The first kappa shape index (κ1) is 14.1. The molecule has 0 aliphatic heterocycles. The number of hydrogen-bond acceptors (Lipinski definition) is 3. The van der Waals surface area contributed by atoms with Crippen LogP contribution in [0.5, 0.6) is 0 Å². The van der Waals surface area contributed by atoms with Gasteiger partial charge in [-0.1, -0.05) is 6.07 Å². The maximum atomic E-state index is 14.0. The monoisotopic (exact) mass is 282 g/mol. The number of aromatic nitrogens is 2. The number of carboxylic acids is 1. The summed E-state index contributed by atoms with van der Waals surface area (Å²) in [5.74, 6) is -3.30. The fourth-order valence-corrected chi connectivity index (χ4v) is 1.88. The molecule has 2 rings (SSSR count). The van der Waals surface area contributed by atoms with Crippen LogP contribution in [0.2, 0.25) is 0 Å². The predicted molar refractivity (Wildman–Crippen MR) is 66.2 cm³/mol. The lowest BCUT2D eigenvalue weighted by Crippen LogP contribution is -2.02. The third-order valence-corrected chi connectivity index (χ3v) is 2.84. The molecule has 0 fully saturated rings. The molecule has 0 spiro atoms. The molecule has 0 radical (unpaired) electrons. The van der Waals surface area contributed by atoms with Crippen LogP contribution in [0, 0.1) is 11.6 Å². The Morgan fingerprint density at radius 3 is 2.65 bits per heavy atom. The molecule has 5 nitrogen and oxygen atoms in total. The van der Waals surface area contributed by atoms with E-state index in [1.807, 2.05) is 0 Å². The van der Waals surface area contributed by atoms with E-state index in [0.29, 0.717) is 0 Å². The van der Waals surface area contributed by atoms with Crippen LogP contribution in [-0.4, -0.2) is 28.0 Å². The second kappa shape index (κ2) is 5.38. The van der Waals surface area contributed by atoms with Crippen molar-refractivity contribution in [1.82, 2.24) is 9.78 Å². The number of carboxylic acid groups (broad SMARTS) is 1. The van der Waals surface area contributed by atoms with Crippen molar-refractivity contribution in [3.05, 3.63) is 41.1 Å². The maximum Gasteiger partial charge on any atom is 0.356 e. The molecule has 0 saturated carbocycles. The second-order valence-corrected chi connectivity index (χ2v) is 4.18. The minimum Gasteiger partial charge on any atom is -0.476 e. The number of ether oxygens (including phenoxy) is 1. The average Bonchev–Trinajstić information content (AvgIpc) is 2.78. The normalized spacial score (nSPS) is 10.8. The molecule has 0 atom stereocenters. The first-order valence-corrected chi connectivity index (χ1v) is 5.69. The van der Waals surface area contributed by atoms with Gasteiger partial charge in [0, 0.05) is 25.3 Å². The summed E-state index contributed by atoms with van der Waals surface area (Å²) in [5, 5.41) is 12.6. The molecule has 1 heterocycles. The van der Waals surface area contributed by atoms with Gasteiger partial charge in [-0.2, -0.15) is 5.10 Å². The quantitative estimate of drug-likeness (QED) is 0.933. The Balaban J connectivity index is 2.53. The van der Waals surface area contributed by atoms with E-state index in [1.54, 1.807) is 0 Å². The molecule has 7 heteroatoms. The average molecular weight is 282 g/mol. The zero-order valence-electron chi connectivity index (χ0n) is 10.9. The smallest absolute Gasteiger partial charge is 0.356 e. The molecule has 0 aliphatic rings. The second-order valence-electron chi connectivity index (χ2n) is 4.18. The highest BCUT2D eigenvalue weighted by Gasteiger charge is 2.19. The lowest BCUT2D eigenvalue weighted by Gasteiger charge is -2.08. The van der Waals surface area contributed by atoms with Gasteiger partial charge in [0.05, 0.1) is 12.3 Å². The first-order chi connectivity index (χ1) is 9.45. The number of nitrogens with zero attached hydrogens (tertiary/aromatic N) is 2. The van der Waals surface area contributed by atoms with E-state index in [4.69, 9.17) is 9.84 Å². The molecule has 0 saturated heterocycles. The molecule has 1 N–H and O–H groups in total. The predicted octanol–water partition coefficient (Wildman–Crippen LogP) is 2.21. The summed E-state index contributed by atoms with van der Waals surface area (Å²) in [7, 11) is 2.84. The number of carbonyl (C=O) groups is 1. The van der Waals surface area contributed by atoms with Crippen molar-refractivity contribution in [2.75, 3.05) is 7.11 Å². The topological polar surface area (TPSA) is 64.3 Å². The number of aryl methyl sites for hydroxylation is 1. The van der Waals surface area contributed by atoms with Crippen molar-refractivity contribution in [3.63, 3.8) is 0 Å². The van der Waals surface area contributed by atoms with Gasteiger partial charge in [0.2, 0.25) is 0 Å². The molecule has 20 heavy (non-hydrogen) atoms. The van der Waals surface area contributed by atoms with Crippen LogP contribution in [0.4, 0.5) is 8.78 Å². The third-order valence-electron chi connectivity index (χ3n) is 2.84. The van der Waals surface area contributed by atoms with Crippen molar-refractivity contribution >= 4 is 5.97 Å². The highest BCUT2D eigenvalue weighted by Crippen LogP contribution is 2.27. The third kappa shape index (κ3) is 2.39. The van der Waals surface area contributed by atoms with E-state index < -0.39 is 17.6 Å². The van der Waals surface area contributed by atoms with Gasteiger partial charge in [-0.05, 0) is 12.1 Å². The van der Waals surface area contributed by atoms with Gasteiger partial charge in [-0.3, -0.25) is 4.68 Å². The van der Waals surface area contributed by atoms with Crippen LogP contribution in [0.15, 0.2) is 18.2 Å². The van der Waals surface area contributed by atoms with Crippen LogP contribution in [0.3, 0.4) is 0 Å². The molecule has 2 aromatic rings. The van der Waals surface area contributed by atoms with Crippen LogP contribution in [0.25, 0.3) is 11.3 Å². The Kier molecular flexibility index (Phi) is 3.80. The Hall–Kier alpha value is -2.28. The minimum absolute atomic E-state index is 0.0468. The van der Waals surface area contributed by atoms with Crippen LogP contribution in [-0.2, 0) is 18.4 Å². The van der Waals surface area contributed by atoms with Gasteiger partial charge in [-0.25, -0.2) is 13.6 Å². The highest BCUT2D eigenvalue weighted by molar-refractivity contribution is 5.87. The van der Waals surface area contributed by atoms with Gasteiger partial charge >= 0.3 is 5.97 Å². The fourth-order valence-electron chi connectivity index (χ4n) is 1.88. The summed E-state index contributed by atoms with van der Waals surface area (Å²) in [5.41, 5.74) is -0.00901. The van der Waals surface area contributed by atoms with Crippen LogP contribution >= 0.6 is 0 Å². The van der Waals surface area contributed by atoms with Crippen molar-refractivity contribution in [1.29, 1.82) is 0 Å². The summed E-state index contributed by atoms with van der Waals surface area (Å²) in [6.45, 7) is -0.0468. The Labute approximate surface area is 113 Å². The molecule has 1 aromatic carbocycles. The molecular formula is C13H12F2N2O3. The van der Waals surface area contributed by atoms with Crippen molar-refractivity contribution < 1.29 is 23.4 Å². The van der Waals surface area contributed by atoms with Gasteiger partial charge in [0.15, 0.2) is 17.3 Å². The van der Waals surface area contributed by atoms with E-state index in [1.165, 1.54) is 37.0 Å². The van der Waals surface area contributed by atoms with Crippen LogP contribution < -0.4 is 0 Å². The van der Waals surface area contributed by atoms with Gasteiger partial charge in [0.25, 0.3) is 0 Å². The van der Waals surface area contributed by atoms with E-state index in [0.717, 1.165) is 0 Å². The van der Waals surface area contributed by atoms with Gasteiger partial charge in [-0.15, -0.1) is 0 Å². The molecule has 0 unspecified atom stereocenters. The summed E-state index contributed by atoms with van der Waals surface area (Å²) < 4.78 is 33.8. The highest BCUT2D eigenvalue weighted by atomic mass is 19.2. The lowest BCUT2D eigenvalue weighted by atomic mass is 10.1. The molecule has 0 aliphatic carbocycles. The SMILES string of the molecule is COCc1ccc(-c2cc(C(=O)O)nn2C)c(F)c1F. The van der Waals surface area contributed by atoms with E-state index in [-0.39, 0.29) is 29.1 Å².